The van der Waals surface area contributed by atoms with Crippen LogP contribution in [0.15, 0.2) is 107 Å². The van der Waals surface area contributed by atoms with Crippen molar-refractivity contribution in [3.8, 4) is 0 Å². The Labute approximate surface area is 248 Å². The highest BCUT2D eigenvalue weighted by atomic mass is 16.7. The Morgan fingerprint density at radius 2 is 1.27 bits per heavy atom. The van der Waals surface area contributed by atoms with Gasteiger partial charge in [0.1, 0.15) is 23.7 Å². The van der Waals surface area contributed by atoms with Gasteiger partial charge in [0.15, 0.2) is 18.4 Å². The van der Waals surface area contributed by atoms with Crippen molar-refractivity contribution in [3.63, 3.8) is 0 Å². The summed E-state index contributed by atoms with van der Waals surface area (Å²) < 4.78 is 24.5. The van der Waals surface area contributed by atoms with E-state index in [0.717, 1.165) is 4.57 Å². The second kappa shape index (κ2) is 12.2. The Bertz CT molecular complexity index is 1920. The average molecular weight is 597 g/mol. The van der Waals surface area contributed by atoms with Gasteiger partial charge in [-0.2, -0.15) is 5.10 Å². The fourth-order valence-electron chi connectivity index (χ4n) is 4.86. The van der Waals surface area contributed by atoms with E-state index < -0.39 is 60.3 Å². The molecule has 3 aromatic carbocycles. The number of nitrogens with one attached hydrogen (secondary N) is 2. The lowest BCUT2D eigenvalue weighted by atomic mass is 10.1. The van der Waals surface area contributed by atoms with Crippen LogP contribution in [0, 0.1) is 0 Å². The zero-order valence-corrected chi connectivity index (χ0v) is 22.8. The Kier molecular flexibility index (Phi) is 7.84. The molecule has 0 aliphatic carbocycles. The second-order valence-electron chi connectivity index (χ2n) is 9.76. The van der Waals surface area contributed by atoms with Crippen molar-refractivity contribution < 1.29 is 33.3 Å². The van der Waals surface area contributed by atoms with E-state index >= 15 is 0 Å². The van der Waals surface area contributed by atoms with Crippen molar-refractivity contribution in [1.82, 2.24) is 19.7 Å². The van der Waals surface area contributed by atoms with Gasteiger partial charge in [-0.1, -0.05) is 54.6 Å². The average Bonchev–Trinajstić information content (AvgIpc) is 3.67. The first-order chi connectivity index (χ1) is 21.4. The summed E-state index contributed by atoms with van der Waals surface area (Å²) in [6.45, 7) is -0.444. The van der Waals surface area contributed by atoms with Crippen molar-refractivity contribution in [2.75, 3.05) is 6.61 Å². The van der Waals surface area contributed by atoms with Crippen molar-refractivity contribution in [2.24, 2.45) is 0 Å². The Balaban J connectivity index is 1.41. The molecule has 0 saturated carbocycles. The van der Waals surface area contributed by atoms with E-state index in [1.165, 1.54) is 30.5 Å². The molecule has 0 unspecified atom stereocenters. The molecule has 2 aromatic heterocycles. The molecule has 0 radical (unpaired) electrons. The van der Waals surface area contributed by atoms with Crippen molar-refractivity contribution >= 4 is 28.9 Å². The highest BCUT2D eigenvalue weighted by Gasteiger charge is 2.52. The van der Waals surface area contributed by atoms with Crippen LogP contribution in [0.5, 0.6) is 0 Å². The van der Waals surface area contributed by atoms with Crippen LogP contribution in [0.4, 0.5) is 0 Å². The number of hydrogen-bond donors (Lipinski definition) is 2. The third-order valence-corrected chi connectivity index (χ3v) is 6.98. The number of fused-ring (bicyclic) bond motifs is 1. The van der Waals surface area contributed by atoms with Crippen LogP contribution in [0.1, 0.15) is 37.3 Å². The number of esters is 3. The summed E-state index contributed by atoms with van der Waals surface area (Å²) in [5, 5.41) is 6.49. The monoisotopic (exact) mass is 596 g/mol. The van der Waals surface area contributed by atoms with Crippen LogP contribution < -0.4 is 11.2 Å². The maximum absolute atomic E-state index is 13.3. The number of aromatic nitrogens is 4. The van der Waals surface area contributed by atoms with E-state index in [1.54, 1.807) is 66.7 Å². The minimum Gasteiger partial charge on any atom is -0.459 e. The van der Waals surface area contributed by atoms with Gasteiger partial charge >= 0.3 is 23.6 Å². The first-order valence-corrected chi connectivity index (χ1v) is 13.5. The number of carbonyl (C=O) groups excluding carboxylic acids is 3. The van der Waals surface area contributed by atoms with E-state index in [1.807, 2.05) is 0 Å². The molecule has 1 saturated heterocycles. The highest BCUT2D eigenvalue weighted by molar-refractivity contribution is 5.91. The maximum atomic E-state index is 13.3. The number of carbonyl (C=O) groups is 3. The van der Waals surface area contributed by atoms with Crippen LogP contribution >= 0.6 is 0 Å². The molecule has 1 fully saturated rings. The number of benzene rings is 3. The Morgan fingerprint density at radius 1 is 0.750 bits per heavy atom. The molecule has 1 aliphatic rings. The van der Waals surface area contributed by atoms with Gasteiger partial charge in [0, 0.05) is 0 Å². The smallest absolute Gasteiger partial charge is 0.338 e. The quantitative estimate of drug-likeness (QED) is 0.200. The van der Waals surface area contributed by atoms with E-state index in [9.17, 15) is 24.0 Å². The molecule has 13 heteroatoms. The molecule has 44 heavy (non-hydrogen) atoms. The zero-order chi connectivity index (χ0) is 30.6. The maximum Gasteiger partial charge on any atom is 0.338 e. The van der Waals surface area contributed by atoms with Gasteiger partial charge in [0.05, 0.1) is 22.9 Å². The second-order valence-corrected chi connectivity index (χ2v) is 9.76. The topological polar surface area (TPSA) is 172 Å². The summed E-state index contributed by atoms with van der Waals surface area (Å²) in [5.41, 5.74) is -0.999. The summed E-state index contributed by atoms with van der Waals surface area (Å²) in [6, 6.07) is 24.3. The zero-order valence-electron chi connectivity index (χ0n) is 22.8. The van der Waals surface area contributed by atoms with E-state index in [4.69, 9.17) is 18.9 Å². The molecule has 0 bridgehead atoms. The molecule has 2 N–H and O–H groups in total. The molecule has 222 valence electrons. The predicted octanol–water partition coefficient (Wildman–Crippen LogP) is 2.62. The third kappa shape index (κ3) is 5.63. The lowest BCUT2D eigenvalue weighted by Crippen LogP contribution is -2.43. The minimum absolute atomic E-state index is 0.0260. The highest BCUT2D eigenvalue weighted by Crippen LogP contribution is 2.35. The van der Waals surface area contributed by atoms with Gasteiger partial charge in [0.25, 0.3) is 5.56 Å². The summed E-state index contributed by atoms with van der Waals surface area (Å²) in [5.74, 6) is -2.26. The van der Waals surface area contributed by atoms with E-state index in [-0.39, 0.29) is 27.7 Å². The molecule has 5 aromatic rings. The fraction of sp³-hybridized carbons (Fsp3) is 0.161. The summed E-state index contributed by atoms with van der Waals surface area (Å²) in [6.07, 6.45) is -4.28. The lowest BCUT2D eigenvalue weighted by molar-refractivity contribution is -0.0622. The fourth-order valence-corrected chi connectivity index (χ4v) is 4.86. The summed E-state index contributed by atoms with van der Waals surface area (Å²) >= 11 is 0. The normalized spacial score (nSPS) is 19.4. The van der Waals surface area contributed by atoms with Gasteiger partial charge in [-0.15, -0.1) is 0 Å². The summed E-state index contributed by atoms with van der Waals surface area (Å²) in [4.78, 5) is 67.2. The van der Waals surface area contributed by atoms with Gasteiger partial charge in [-0.25, -0.2) is 23.7 Å². The first kappa shape index (κ1) is 28.3. The van der Waals surface area contributed by atoms with Crippen LogP contribution in [0.25, 0.3) is 11.0 Å². The van der Waals surface area contributed by atoms with E-state index in [2.05, 4.69) is 15.2 Å². The minimum atomic E-state index is -1.45. The van der Waals surface area contributed by atoms with Gasteiger partial charge in [-0.05, 0) is 36.4 Å². The molecular formula is C31H24N4O9. The lowest BCUT2D eigenvalue weighted by Gasteiger charge is -2.25. The molecule has 0 amide bonds. The number of rotatable bonds is 8. The van der Waals surface area contributed by atoms with Gasteiger partial charge < -0.3 is 18.9 Å². The summed E-state index contributed by atoms with van der Waals surface area (Å²) in [7, 11) is 0. The van der Waals surface area contributed by atoms with Crippen molar-refractivity contribution in [3.05, 3.63) is 135 Å². The number of ether oxygens (including phenoxy) is 4. The molecule has 6 rings (SSSR count). The third-order valence-electron chi connectivity index (χ3n) is 6.98. The number of aromatic amines is 2. The van der Waals surface area contributed by atoms with Crippen molar-refractivity contribution in [1.29, 1.82) is 0 Å². The molecule has 1 aliphatic heterocycles. The van der Waals surface area contributed by atoms with Gasteiger partial charge in [-0.3, -0.25) is 14.9 Å². The van der Waals surface area contributed by atoms with Crippen LogP contribution in [-0.2, 0) is 18.9 Å². The number of nitrogens with zero attached hydrogens (tertiary/aromatic N) is 2. The number of H-pyrrole nitrogens is 2. The predicted molar refractivity (Wildman–Crippen MR) is 153 cm³/mol. The van der Waals surface area contributed by atoms with Crippen LogP contribution in [-0.4, -0.2) is 62.6 Å². The Morgan fingerprint density at radius 3 is 1.84 bits per heavy atom. The molecular weight excluding hydrogens is 572 g/mol. The molecule has 0 spiro atoms. The molecule has 13 nitrogen and oxygen atoms in total. The number of hydrogen-bond acceptors (Lipinski definition) is 10. The van der Waals surface area contributed by atoms with Crippen LogP contribution in [0.3, 0.4) is 0 Å². The van der Waals surface area contributed by atoms with Crippen molar-refractivity contribution in [2.45, 2.75) is 24.5 Å². The van der Waals surface area contributed by atoms with E-state index in [0.29, 0.717) is 0 Å². The first-order valence-electron chi connectivity index (χ1n) is 13.5. The van der Waals surface area contributed by atoms with Crippen LogP contribution in [0.2, 0.25) is 0 Å². The SMILES string of the molecule is O=C(OC[C@H]1O[C@@H](n2c(=O)[nH]c(=O)c3cn[nH]c32)[C@H](OC(=O)c2ccccc2)[C@@H]1OC(=O)c1ccccc1)c1ccccc1. The van der Waals surface area contributed by atoms with Gasteiger partial charge in [0.2, 0.25) is 0 Å². The largest absolute Gasteiger partial charge is 0.459 e. The molecule has 4 atom stereocenters. The Hall–Kier alpha value is -5.82. The standard InChI is InChI=1S/C31H24N4O9/c36-26-21-16-32-34-25(21)35(31(40)33-26)27-24(44-30(39)20-14-8-3-9-15-20)23(43-29(38)19-12-6-2-7-13-19)22(42-27)17-41-28(37)18-10-4-1-5-11-18/h1-16,22-24,27H,17H2,(H,32,34)(H,33,36,40)/t22-,23-,24-,27-/m1/s1. The molecule has 3 heterocycles.